The van der Waals surface area contributed by atoms with Gasteiger partial charge in [-0.25, -0.2) is 4.57 Å². The van der Waals surface area contributed by atoms with E-state index in [0.29, 0.717) is 24.5 Å². The van der Waals surface area contributed by atoms with Gasteiger partial charge >= 0.3 is 5.71 Å². The summed E-state index contributed by atoms with van der Waals surface area (Å²) in [5, 5.41) is 9.93. The molecule has 0 aliphatic carbocycles. The first-order valence-electron chi connectivity index (χ1n) is 8.61. The summed E-state index contributed by atoms with van der Waals surface area (Å²) in [5.74, 6) is 1.35. The smallest absolute Gasteiger partial charge is 0.310 e. The van der Waals surface area contributed by atoms with E-state index in [9.17, 15) is 0 Å². The monoisotopic (exact) mass is 346 g/mol. The van der Waals surface area contributed by atoms with Crippen LogP contribution in [-0.4, -0.2) is 16.7 Å². The van der Waals surface area contributed by atoms with Crippen molar-refractivity contribution in [2.45, 2.75) is 13.0 Å². The number of fused-ring (bicyclic) bond motifs is 1. The van der Waals surface area contributed by atoms with Gasteiger partial charge in [0, 0.05) is 24.2 Å². The molecule has 0 bridgehead atoms. The van der Waals surface area contributed by atoms with Crippen LogP contribution < -0.4 is 10.3 Å². The van der Waals surface area contributed by atoms with E-state index in [0.717, 1.165) is 27.8 Å². The predicted molar refractivity (Wildman–Crippen MR) is 101 cm³/mol. The quantitative estimate of drug-likeness (QED) is 0.543. The molecule has 0 saturated heterocycles. The Morgan fingerprint density at radius 1 is 0.962 bits per heavy atom. The number of nitrogen functional groups attached to an aromatic ring is 1. The second-order valence-electron chi connectivity index (χ2n) is 6.12. The number of hydrogen-bond acceptors (Lipinski definition) is 4. The average molecular weight is 346 g/mol. The van der Waals surface area contributed by atoms with Gasteiger partial charge in [-0.05, 0) is 5.56 Å². The zero-order valence-corrected chi connectivity index (χ0v) is 14.3. The van der Waals surface area contributed by atoms with E-state index in [4.69, 9.17) is 15.3 Å². The van der Waals surface area contributed by atoms with Crippen molar-refractivity contribution in [1.82, 2.24) is 4.98 Å². The van der Waals surface area contributed by atoms with Crippen LogP contribution in [0.3, 0.4) is 0 Å². The SMILES string of the molecule is Nc1c2c(-c3ccccc3)c(-c3ccccc3)oc2nc[n+]1CCCO. The number of benzene rings is 2. The van der Waals surface area contributed by atoms with Gasteiger partial charge in [0.15, 0.2) is 0 Å². The first-order chi connectivity index (χ1) is 12.8. The summed E-state index contributed by atoms with van der Waals surface area (Å²) in [6, 6.07) is 20.0. The van der Waals surface area contributed by atoms with E-state index >= 15 is 0 Å². The summed E-state index contributed by atoms with van der Waals surface area (Å²) < 4.78 is 7.98. The number of aliphatic hydroxyl groups is 1. The molecule has 26 heavy (non-hydrogen) atoms. The summed E-state index contributed by atoms with van der Waals surface area (Å²) in [5.41, 5.74) is 9.93. The van der Waals surface area contributed by atoms with Gasteiger partial charge in [0.25, 0.3) is 0 Å². The van der Waals surface area contributed by atoms with Crippen molar-refractivity contribution in [1.29, 1.82) is 0 Å². The molecule has 2 aromatic carbocycles. The molecular formula is C21H20N3O2+. The molecule has 0 atom stereocenters. The summed E-state index contributed by atoms with van der Waals surface area (Å²) in [7, 11) is 0. The Bertz CT molecular complexity index is 1030. The molecule has 0 aliphatic heterocycles. The van der Waals surface area contributed by atoms with Crippen molar-refractivity contribution >= 4 is 16.9 Å². The summed E-state index contributed by atoms with van der Waals surface area (Å²) in [6.07, 6.45) is 2.28. The number of aryl methyl sites for hydroxylation is 1. The van der Waals surface area contributed by atoms with Gasteiger partial charge in [-0.2, -0.15) is 0 Å². The first kappa shape index (κ1) is 16.3. The van der Waals surface area contributed by atoms with Crippen LogP contribution in [0.1, 0.15) is 6.42 Å². The van der Waals surface area contributed by atoms with Crippen LogP contribution >= 0.6 is 0 Å². The first-order valence-corrected chi connectivity index (χ1v) is 8.61. The van der Waals surface area contributed by atoms with E-state index in [1.165, 1.54) is 0 Å². The van der Waals surface area contributed by atoms with E-state index in [-0.39, 0.29) is 6.61 Å². The molecule has 4 rings (SSSR count). The summed E-state index contributed by atoms with van der Waals surface area (Å²) in [4.78, 5) is 4.46. The highest BCUT2D eigenvalue weighted by Gasteiger charge is 2.25. The van der Waals surface area contributed by atoms with E-state index in [1.807, 2.05) is 65.2 Å². The number of hydrogen-bond donors (Lipinski definition) is 2. The van der Waals surface area contributed by atoms with E-state index in [1.54, 1.807) is 6.33 Å². The minimum absolute atomic E-state index is 0.108. The van der Waals surface area contributed by atoms with Gasteiger partial charge in [0.2, 0.25) is 12.1 Å². The number of anilines is 1. The molecule has 4 aromatic rings. The van der Waals surface area contributed by atoms with Crippen molar-refractivity contribution in [2.75, 3.05) is 12.3 Å². The molecule has 5 heteroatoms. The largest absolute Gasteiger partial charge is 0.425 e. The van der Waals surface area contributed by atoms with Crippen LogP contribution in [0.5, 0.6) is 0 Å². The fourth-order valence-corrected chi connectivity index (χ4v) is 3.17. The highest BCUT2D eigenvalue weighted by atomic mass is 16.3. The molecule has 130 valence electrons. The molecule has 5 nitrogen and oxygen atoms in total. The molecule has 3 N–H and O–H groups in total. The van der Waals surface area contributed by atoms with Gasteiger partial charge < -0.3 is 15.3 Å². The Hall–Kier alpha value is -3.18. The zero-order chi connectivity index (χ0) is 17.9. The maximum absolute atomic E-state index is 9.12. The molecular weight excluding hydrogens is 326 g/mol. The molecule has 0 spiro atoms. The maximum atomic E-state index is 9.12. The normalized spacial score (nSPS) is 11.1. The van der Waals surface area contributed by atoms with Crippen LogP contribution in [0, 0.1) is 0 Å². The van der Waals surface area contributed by atoms with Crippen molar-refractivity contribution in [3.05, 3.63) is 67.0 Å². The molecule has 0 fully saturated rings. The number of nitrogens with zero attached hydrogens (tertiary/aromatic N) is 2. The number of rotatable bonds is 5. The third kappa shape index (κ3) is 2.82. The Morgan fingerprint density at radius 3 is 2.27 bits per heavy atom. The van der Waals surface area contributed by atoms with Crippen molar-refractivity contribution in [3.8, 4) is 22.5 Å². The topological polar surface area (TPSA) is 76.2 Å². The van der Waals surface area contributed by atoms with Crippen molar-refractivity contribution < 1.29 is 14.1 Å². The number of furan rings is 1. The average Bonchev–Trinajstić information content (AvgIpc) is 3.09. The van der Waals surface area contributed by atoms with Gasteiger partial charge in [0.1, 0.15) is 11.1 Å². The Morgan fingerprint density at radius 2 is 1.62 bits per heavy atom. The number of aromatic nitrogens is 2. The van der Waals surface area contributed by atoms with E-state index < -0.39 is 0 Å². The van der Waals surface area contributed by atoms with Gasteiger partial charge in [-0.1, -0.05) is 65.6 Å². The van der Waals surface area contributed by atoms with Crippen LogP contribution in [0.2, 0.25) is 0 Å². The number of aliphatic hydroxyl groups excluding tert-OH is 1. The minimum atomic E-state index is 0.108. The molecule has 2 aromatic heterocycles. The fourth-order valence-electron chi connectivity index (χ4n) is 3.17. The molecule has 0 aliphatic rings. The van der Waals surface area contributed by atoms with Gasteiger partial charge in [-0.3, -0.25) is 0 Å². The second-order valence-corrected chi connectivity index (χ2v) is 6.12. The standard InChI is InChI=1S/C21H19N3O2/c22-20-18-17(15-8-3-1-4-9-15)19(16-10-5-2-6-11-16)26-21(18)23-14-24(20)12-7-13-25/h1-6,8-11,14,22,25H,7,12-13H2/p+1. The Labute approximate surface area is 151 Å². The van der Waals surface area contributed by atoms with Crippen LogP contribution in [0.4, 0.5) is 5.82 Å². The predicted octanol–water partition coefficient (Wildman–Crippen LogP) is 3.41. The molecule has 0 saturated carbocycles. The lowest BCUT2D eigenvalue weighted by Gasteiger charge is -2.05. The molecule has 0 amide bonds. The third-order valence-corrected chi connectivity index (χ3v) is 4.43. The van der Waals surface area contributed by atoms with Gasteiger partial charge in [-0.15, -0.1) is 0 Å². The van der Waals surface area contributed by atoms with Crippen molar-refractivity contribution in [3.63, 3.8) is 0 Å². The lowest BCUT2D eigenvalue weighted by Crippen LogP contribution is -2.38. The summed E-state index contributed by atoms with van der Waals surface area (Å²) in [6.45, 7) is 0.710. The zero-order valence-electron chi connectivity index (χ0n) is 14.3. The molecule has 2 heterocycles. The van der Waals surface area contributed by atoms with Crippen LogP contribution in [0.15, 0.2) is 71.4 Å². The Balaban J connectivity index is 2.01. The fraction of sp³-hybridized carbons (Fsp3) is 0.143. The second kappa shape index (κ2) is 6.98. The summed E-state index contributed by atoms with van der Waals surface area (Å²) >= 11 is 0. The van der Waals surface area contributed by atoms with Crippen LogP contribution in [-0.2, 0) is 6.54 Å². The highest BCUT2D eigenvalue weighted by Crippen LogP contribution is 2.41. The van der Waals surface area contributed by atoms with Gasteiger partial charge in [0.05, 0.1) is 6.54 Å². The van der Waals surface area contributed by atoms with Crippen LogP contribution in [0.25, 0.3) is 33.6 Å². The van der Waals surface area contributed by atoms with Crippen molar-refractivity contribution in [2.24, 2.45) is 0 Å². The molecule has 0 unspecified atom stereocenters. The maximum Gasteiger partial charge on any atom is 0.310 e. The lowest BCUT2D eigenvalue weighted by molar-refractivity contribution is -0.685. The Kier molecular flexibility index (Phi) is 4.37. The highest BCUT2D eigenvalue weighted by molar-refractivity contribution is 6.04. The minimum Gasteiger partial charge on any atom is -0.425 e. The third-order valence-electron chi connectivity index (χ3n) is 4.43. The molecule has 0 radical (unpaired) electrons. The van der Waals surface area contributed by atoms with E-state index in [2.05, 4.69) is 4.98 Å². The lowest BCUT2D eigenvalue weighted by atomic mass is 9.99. The number of nitrogens with two attached hydrogens (primary N) is 1.